The van der Waals surface area contributed by atoms with Gasteiger partial charge in [0.05, 0.1) is 12.9 Å². The summed E-state index contributed by atoms with van der Waals surface area (Å²) in [5.41, 5.74) is 2.58. The second kappa shape index (κ2) is 9.89. The van der Waals surface area contributed by atoms with E-state index in [4.69, 9.17) is 16.3 Å². The highest BCUT2D eigenvalue weighted by atomic mass is 35.5. The molecule has 162 valence electrons. The van der Waals surface area contributed by atoms with Crippen LogP contribution in [0.2, 0.25) is 5.02 Å². The molecule has 0 radical (unpaired) electrons. The topological polar surface area (TPSA) is 60.3 Å². The van der Waals surface area contributed by atoms with E-state index >= 15 is 0 Å². The van der Waals surface area contributed by atoms with E-state index in [1.54, 1.807) is 19.1 Å². The molecule has 0 saturated heterocycles. The molecule has 6 nitrogen and oxygen atoms in total. The molecule has 1 amide bonds. The van der Waals surface area contributed by atoms with Gasteiger partial charge in [-0.15, -0.1) is 10.2 Å². The molecule has 0 fully saturated rings. The molecule has 8 heteroatoms. The van der Waals surface area contributed by atoms with Gasteiger partial charge in [0.1, 0.15) is 5.75 Å². The number of hydrogen-bond donors (Lipinski definition) is 0. The van der Waals surface area contributed by atoms with Crippen LogP contribution in [0.15, 0.2) is 84.0 Å². The van der Waals surface area contributed by atoms with Crippen molar-refractivity contribution < 1.29 is 9.53 Å². The Hall–Kier alpha value is -3.29. The predicted molar refractivity (Wildman–Crippen MR) is 129 cm³/mol. The lowest BCUT2D eigenvalue weighted by Crippen LogP contribution is -2.27. The molecule has 4 aromatic rings. The summed E-state index contributed by atoms with van der Waals surface area (Å²) in [4.78, 5) is 14.4. The average molecular weight is 465 g/mol. The number of carbonyl (C=O) groups excluding carboxylic acids is 1. The fourth-order valence-corrected chi connectivity index (χ4v) is 4.12. The third-order valence-electron chi connectivity index (χ3n) is 4.91. The van der Waals surface area contributed by atoms with E-state index in [1.807, 2.05) is 83.4 Å². The van der Waals surface area contributed by atoms with Gasteiger partial charge in [0.25, 0.3) is 0 Å². The van der Waals surface area contributed by atoms with Crippen LogP contribution in [0.5, 0.6) is 5.75 Å². The van der Waals surface area contributed by atoms with Crippen molar-refractivity contribution >= 4 is 35.0 Å². The van der Waals surface area contributed by atoms with Crippen LogP contribution < -0.4 is 9.64 Å². The van der Waals surface area contributed by atoms with Crippen molar-refractivity contribution in [3.05, 3.63) is 83.9 Å². The number of hydrogen-bond acceptors (Lipinski definition) is 5. The molecule has 0 spiro atoms. The van der Waals surface area contributed by atoms with E-state index in [2.05, 4.69) is 10.2 Å². The predicted octanol–water partition coefficient (Wildman–Crippen LogP) is 5.35. The van der Waals surface area contributed by atoms with Crippen LogP contribution in [0.4, 0.5) is 5.69 Å². The normalized spacial score (nSPS) is 10.7. The molecule has 0 bridgehead atoms. The van der Waals surface area contributed by atoms with Gasteiger partial charge in [-0.05, 0) is 60.7 Å². The summed E-state index contributed by atoms with van der Waals surface area (Å²) in [6, 6.07) is 24.6. The van der Waals surface area contributed by atoms with E-state index in [9.17, 15) is 4.79 Å². The van der Waals surface area contributed by atoms with E-state index in [0.29, 0.717) is 16.0 Å². The largest absolute Gasteiger partial charge is 0.497 e. The van der Waals surface area contributed by atoms with Gasteiger partial charge in [0.2, 0.25) is 5.91 Å². The quantitative estimate of drug-likeness (QED) is 0.345. The Morgan fingerprint density at radius 3 is 2.34 bits per heavy atom. The lowest BCUT2D eigenvalue weighted by molar-refractivity contribution is -0.115. The number of methoxy groups -OCH3 is 1. The van der Waals surface area contributed by atoms with E-state index in [1.165, 1.54) is 11.8 Å². The summed E-state index contributed by atoms with van der Waals surface area (Å²) in [5.74, 6) is 1.62. The Balaban J connectivity index is 1.63. The summed E-state index contributed by atoms with van der Waals surface area (Å²) in [6.45, 7) is 0. The first kappa shape index (κ1) is 21.9. The molecule has 0 aliphatic carbocycles. The number of para-hydroxylation sites is 1. The number of carbonyl (C=O) groups is 1. The van der Waals surface area contributed by atoms with E-state index < -0.39 is 0 Å². The Morgan fingerprint density at radius 2 is 1.69 bits per heavy atom. The summed E-state index contributed by atoms with van der Waals surface area (Å²) in [7, 11) is 3.40. The van der Waals surface area contributed by atoms with Crippen LogP contribution in [0, 0.1) is 0 Å². The highest BCUT2D eigenvalue weighted by Crippen LogP contribution is 2.30. The zero-order valence-corrected chi connectivity index (χ0v) is 19.2. The first-order chi connectivity index (χ1) is 15.6. The first-order valence-electron chi connectivity index (χ1n) is 9.87. The zero-order valence-electron chi connectivity index (χ0n) is 17.6. The number of aromatic nitrogens is 3. The minimum Gasteiger partial charge on any atom is -0.497 e. The summed E-state index contributed by atoms with van der Waals surface area (Å²) >= 11 is 7.43. The van der Waals surface area contributed by atoms with Crippen LogP contribution >= 0.6 is 23.4 Å². The maximum Gasteiger partial charge on any atom is 0.237 e. The Bertz CT molecular complexity index is 1200. The van der Waals surface area contributed by atoms with Gasteiger partial charge in [-0.25, -0.2) is 0 Å². The SMILES string of the molecule is COc1ccc(-c2nnc(SCC(=O)N(C)c3ccccc3)n2-c2ccc(Cl)cc2)cc1. The second-order valence-corrected chi connectivity index (χ2v) is 8.30. The average Bonchev–Trinajstić information content (AvgIpc) is 3.27. The highest BCUT2D eigenvalue weighted by Gasteiger charge is 2.19. The first-order valence-corrected chi connectivity index (χ1v) is 11.2. The Kier molecular flexibility index (Phi) is 6.78. The molecule has 1 heterocycles. The number of ether oxygens (including phenoxy) is 1. The number of benzene rings is 3. The molecular formula is C24H21ClN4O2S. The standard InChI is InChI=1S/C24H21ClN4O2S/c1-28(19-6-4-3-5-7-19)22(30)16-32-24-27-26-23(17-8-14-21(31-2)15-9-17)29(24)20-12-10-18(25)11-13-20/h3-15H,16H2,1-2H3. The second-order valence-electron chi connectivity index (χ2n) is 6.92. The summed E-state index contributed by atoms with van der Waals surface area (Å²) < 4.78 is 7.19. The van der Waals surface area contributed by atoms with Crippen molar-refractivity contribution in [2.24, 2.45) is 0 Å². The number of thioether (sulfide) groups is 1. The number of rotatable bonds is 7. The fourth-order valence-electron chi connectivity index (χ4n) is 3.13. The molecule has 0 atom stereocenters. The number of amides is 1. The molecular weight excluding hydrogens is 444 g/mol. The maximum atomic E-state index is 12.8. The maximum absolute atomic E-state index is 12.8. The molecule has 0 unspecified atom stereocenters. The van der Waals surface area contributed by atoms with Gasteiger partial charge in [0, 0.05) is 29.0 Å². The summed E-state index contributed by atoms with van der Waals surface area (Å²) in [5, 5.41) is 10.1. The van der Waals surface area contributed by atoms with Gasteiger partial charge >= 0.3 is 0 Å². The van der Waals surface area contributed by atoms with Crippen molar-refractivity contribution in [3.8, 4) is 22.8 Å². The fraction of sp³-hybridized carbons (Fsp3) is 0.125. The number of anilines is 1. The van der Waals surface area contributed by atoms with Gasteiger partial charge < -0.3 is 9.64 Å². The van der Waals surface area contributed by atoms with Gasteiger partial charge in [-0.1, -0.05) is 41.6 Å². The van der Waals surface area contributed by atoms with Gasteiger partial charge in [0.15, 0.2) is 11.0 Å². The highest BCUT2D eigenvalue weighted by molar-refractivity contribution is 7.99. The number of halogens is 1. The van der Waals surface area contributed by atoms with Crippen LogP contribution in [0.1, 0.15) is 0 Å². The molecule has 32 heavy (non-hydrogen) atoms. The van der Waals surface area contributed by atoms with E-state index in [0.717, 1.165) is 22.7 Å². The zero-order chi connectivity index (χ0) is 22.5. The third-order valence-corrected chi connectivity index (χ3v) is 6.07. The minimum atomic E-state index is -0.0298. The minimum absolute atomic E-state index is 0.0298. The lowest BCUT2D eigenvalue weighted by Gasteiger charge is -2.17. The third kappa shape index (κ3) is 4.79. The van der Waals surface area contributed by atoms with Crippen molar-refractivity contribution in [2.75, 3.05) is 24.8 Å². The van der Waals surface area contributed by atoms with Crippen LogP contribution in [-0.4, -0.2) is 40.6 Å². The monoisotopic (exact) mass is 464 g/mol. The lowest BCUT2D eigenvalue weighted by atomic mass is 10.2. The molecule has 0 aliphatic rings. The van der Waals surface area contributed by atoms with Gasteiger partial charge in [-0.3, -0.25) is 9.36 Å². The summed E-state index contributed by atoms with van der Waals surface area (Å²) in [6.07, 6.45) is 0. The van der Waals surface area contributed by atoms with Gasteiger partial charge in [-0.2, -0.15) is 0 Å². The molecule has 1 aromatic heterocycles. The van der Waals surface area contributed by atoms with Crippen molar-refractivity contribution in [1.82, 2.24) is 14.8 Å². The van der Waals surface area contributed by atoms with Crippen molar-refractivity contribution in [1.29, 1.82) is 0 Å². The molecule has 0 saturated carbocycles. The molecule has 4 rings (SSSR count). The Morgan fingerprint density at radius 1 is 1.00 bits per heavy atom. The number of nitrogens with zero attached hydrogens (tertiary/aromatic N) is 4. The van der Waals surface area contributed by atoms with Crippen LogP contribution in [-0.2, 0) is 4.79 Å². The van der Waals surface area contributed by atoms with Crippen LogP contribution in [0.25, 0.3) is 17.1 Å². The van der Waals surface area contributed by atoms with Crippen LogP contribution in [0.3, 0.4) is 0 Å². The van der Waals surface area contributed by atoms with Crippen molar-refractivity contribution in [2.45, 2.75) is 5.16 Å². The van der Waals surface area contributed by atoms with Crippen molar-refractivity contribution in [3.63, 3.8) is 0 Å². The van der Waals surface area contributed by atoms with E-state index in [-0.39, 0.29) is 11.7 Å². The molecule has 0 N–H and O–H groups in total. The smallest absolute Gasteiger partial charge is 0.237 e. The molecule has 3 aromatic carbocycles. The Labute approximate surface area is 195 Å². The molecule has 0 aliphatic heterocycles.